The maximum Gasteiger partial charge on any atom is 0.309 e. The molecule has 0 atom stereocenters. The van der Waals surface area contributed by atoms with Crippen LogP contribution in [0.3, 0.4) is 0 Å². The summed E-state index contributed by atoms with van der Waals surface area (Å²) in [4.78, 5) is 24.2. The third kappa shape index (κ3) is 4.98. The van der Waals surface area contributed by atoms with Crippen LogP contribution in [0.1, 0.15) is 23.2 Å². The lowest BCUT2D eigenvalue weighted by Crippen LogP contribution is -2.41. The molecule has 0 radical (unpaired) electrons. The van der Waals surface area contributed by atoms with Gasteiger partial charge in [-0.05, 0) is 25.0 Å². The van der Waals surface area contributed by atoms with Crippen LogP contribution in [0.4, 0.5) is 0 Å². The van der Waals surface area contributed by atoms with E-state index < -0.39 is 21.9 Å². The van der Waals surface area contributed by atoms with Gasteiger partial charge in [0.05, 0.1) is 16.0 Å². The Morgan fingerprint density at radius 2 is 1.55 bits per heavy atom. The average Bonchev–Trinajstić information content (AvgIpc) is 2.72. The molecule has 154 valence electrons. The number of Topliss-reactive ketones (excluding diaryl/α,β-unsaturated/α-hetero) is 1. The lowest BCUT2D eigenvalue weighted by Gasteiger charge is -2.30. The smallest absolute Gasteiger partial charge is 0.309 e. The predicted octanol–water partition coefficient (Wildman–Crippen LogP) is 3.82. The standard InChI is InChI=1S/C20H19Cl2NO5S/c21-16-7-4-8-17(22)19(16)29(26,27)23-11-9-15(10-12-23)20(25)28-13-18(24)14-5-2-1-3-6-14/h1-8,15H,9-13H2. The molecule has 0 saturated carbocycles. The Hall–Kier alpha value is -1.93. The summed E-state index contributed by atoms with van der Waals surface area (Å²) in [5, 5.41) is 0.108. The second-order valence-electron chi connectivity index (χ2n) is 6.63. The molecule has 0 unspecified atom stereocenters. The number of ketones is 1. The molecular formula is C20H19Cl2NO5S. The number of halogens is 2. The largest absolute Gasteiger partial charge is 0.457 e. The number of piperidine rings is 1. The second-order valence-corrected chi connectivity index (χ2v) is 9.32. The van der Waals surface area contributed by atoms with Gasteiger partial charge in [-0.1, -0.05) is 59.6 Å². The first-order valence-electron chi connectivity index (χ1n) is 8.99. The van der Waals surface area contributed by atoms with E-state index >= 15 is 0 Å². The predicted molar refractivity (Wildman–Crippen MR) is 110 cm³/mol. The fourth-order valence-electron chi connectivity index (χ4n) is 3.15. The van der Waals surface area contributed by atoms with Crippen LogP contribution in [0.5, 0.6) is 0 Å². The third-order valence-corrected chi connectivity index (χ3v) is 7.60. The van der Waals surface area contributed by atoms with E-state index in [4.69, 9.17) is 27.9 Å². The molecule has 1 fully saturated rings. The van der Waals surface area contributed by atoms with Crippen molar-refractivity contribution < 1.29 is 22.7 Å². The molecule has 3 rings (SSSR count). The number of hydrogen-bond donors (Lipinski definition) is 0. The van der Waals surface area contributed by atoms with Crippen LogP contribution < -0.4 is 0 Å². The van der Waals surface area contributed by atoms with Gasteiger partial charge in [0.25, 0.3) is 0 Å². The van der Waals surface area contributed by atoms with E-state index in [2.05, 4.69) is 0 Å². The first-order valence-corrected chi connectivity index (χ1v) is 11.2. The van der Waals surface area contributed by atoms with Gasteiger partial charge in [-0.25, -0.2) is 8.42 Å². The van der Waals surface area contributed by atoms with Gasteiger partial charge in [0.15, 0.2) is 12.4 Å². The molecule has 1 aliphatic rings. The van der Waals surface area contributed by atoms with Crippen LogP contribution in [0, 0.1) is 5.92 Å². The summed E-state index contributed by atoms with van der Waals surface area (Å²) in [6, 6.07) is 13.1. The number of esters is 1. The number of hydrogen-bond acceptors (Lipinski definition) is 5. The van der Waals surface area contributed by atoms with Crippen LogP contribution in [0.2, 0.25) is 10.0 Å². The summed E-state index contributed by atoms with van der Waals surface area (Å²) in [6.45, 7) is -0.0663. The zero-order valence-corrected chi connectivity index (χ0v) is 17.7. The van der Waals surface area contributed by atoms with Crippen molar-refractivity contribution in [2.45, 2.75) is 17.7 Å². The summed E-state index contributed by atoms with van der Waals surface area (Å²) in [7, 11) is -3.87. The van der Waals surface area contributed by atoms with Gasteiger partial charge >= 0.3 is 5.97 Å². The minimum absolute atomic E-state index is 0.0541. The van der Waals surface area contributed by atoms with Gasteiger partial charge in [-0.2, -0.15) is 4.31 Å². The molecule has 2 aromatic carbocycles. The lowest BCUT2D eigenvalue weighted by molar-refractivity contribution is -0.148. The van der Waals surface area contributed by atoms with Crippen LogP contribution in [0.25, 0.3) is 0 Å². The van der Waals surface area contributed by atoms with Crippen molar-refractivity contribution in [3.8, 4) is 0 Å². The molecule has 6 nitrogen and oxygen atoms in total. The van der Waals surface area contributed by atoms with Crippen molar-refractivity contribution in [2.75, 3.05) is 19.7 Å². The highest BCUT2D eigenvalue weighted by Crippen LogP contribution is 2.33. The zero-order chi connectivity index (χ0) is 21.0. The lowest BCUT2D eigenvalue weighted by atomic mass is 9.98. The quantitative estimate of drug-likeness (QED) is 0.488. The number of sulfonamides is 1. The molecule has 1 aliphatic heterocycles. The number of rotatable bonds is 6. The summed E-state index contributed by atoms with van der Waals surface area (Å²) in [5.41, 5.74) is 0.470. The molecule has 2 aromatic rings. The molecule has 0 aliphatic carbocycles. The van der Waals surface area contributed by atoms with Crippen molar-refractivity contribution in [3.63, 3.8) is 0 Å². The van der Waals surface area contributed by atoms with Crippen molar-refractivity contribution in [2.24, 2.45) is 5.92 Å². The fraction of sp³-hybridized carbons (Fsp3) is 0.300. The van der Waals surface area contributed by atoms with E-state index in [9.17, 15) is 18.0 Å². The first kappa shape index (κ1) is 21.8. The Kier molecular flexibility index (Phi) is 6.95. The Labute approximate surface area is 179 Å². The normalized spacial score (nSPS) is 15.8. The third-order valence-electron chi connectivity index (χ3n) is 4.75. The number of ether oxygens (including phenoxy) is 1. The van der Waals surface area contributed by atoms with E-state index in [1.54, 1.807) is 36.4 Å². The van der Waals surface area contributed by atoms with E-state index in [1.165, 1.54) is 16.4 Å². The molecular weight excluding hydrogens is 437 g/mol. The van der Waals surface area contributed by atoms with Gasteiger partial charge in [-0.3, -0.25) is 9.59 Å². The second kappa shape index (κ2) is 9.26. The van der Waals surface area contributed by atoms with Crippen molar-refractivity contribution in [1.82, 2.24) is 4.31 Å². The van der Waals surface area contributed by atoms with Crippen molar-refractivity contribution in [3.05, 3.63) is 64.1 Å². The molecule has 0 N–H and O–H groups in total. The van der Waals surface area contributed by atoms with E-state index in [1.807, 2.05) is 0 Å². The Morgan fingerprint density at radius 1 is 0.966 bits per heavy atom. The molecule has 1 heterocycles. The SMILES string of the molecule is O=C(COC(=O)C1CCN(S(=O)(=O)c2c(Cl)cccc2Cl)CC1)c1ccccc1. The highest BCUT2D eigenvalue weighted by molar-refractivity contribution is 7.89. The topological polar surface area (TPSA) is 80.8 Å². The first-order chi connectivity index (χ1) is 13.8. The van der Waals surface area contributed by atoms with Gasteiger partial charge in [0, 0.05) is 18.7 Å². The van der Waals surface area contributed by atoms with Gasteiger partial charge in [0.1, 0.15) is 4.90 Å². The maximum absolute atomic E-state index is 12.9. The summed E-state index contributed by atoms with van der Waals surface area (Å²) in [5.74, 6) is -1.25. The Balaban J connectivity index is 1.57. The van der Waals surface area contributed by atoms with Crippen LogP contribution in [0.15, 0.2) is 53.4 Å². The van der Waals surface area contributed by atoms with Crippen LogP contribution >= 0.6 is 23.2 Å². The van der Waals surface area contributed by atoms with E-state index in [0.717, 1.165) is 0 Å². The van der Waals surface area contributed by atoms with Gasteiger partial charge < -0.3 is 4.74 Å². The number of nitrogens with zero attached hydrogens (tertiary/aromatic N) is 1. The summed E-state index contributed by atoms with van der Waals surface area (Å²) in [6.07, 6.45) is 0.583. The minimum atomic E-state index is -3.87. The highest BCUT2D eigenvalue weighted by atomic mass is 35.5. The van der Waals surface area contributed by atoms with Crippen molar-refractivity contribution >= 4 is 45.0 Å². The molecule has 29 heavy (non-hydrogen) atoms. The fourth-order valence-corrected chi connectivity index (χ4v) is 5.71. The maximum atomic E-state index is 12.9. The molecule has 9 heteroatoms. The number of carbonyl (C=O) groups is 2. The molecule has 0 amide bonds. The van der Waals surface area contributed by atoms with E-state index in [-0.39, 0.29) is 40.4 Å². The number of carbonyl (C=O) groups excluding carboxylic acids is 2. The summed E-state index contributed by atoms with van der Waals surface area (Å²) < 4.78 is 32.2. The highest BCUT2D eigenvalue weighted by Gasteiger charge is 2.35. The van der Waals surface area contributed by atoms with Crippen LogP contribution in [-0.4, -0.2) is 44.2 Å². The summed E-state index contributed by atoms with van der Waals surface area (Å²) >= 11 is 12.1. The minimum Gasteiger partial charge on any atom is -0.457 e. The molecule has 1 saturated heterocycles. The monoisotopic (exact) mass is 455 g/mol. The number of benzene rings is 2. The average molecular weight is 456 g/mol. The van der Waals surface area contributed by atoms with Crippen molar-refractivity contribution in [1.29, 1.82) is 0 Å². The van der Waals surface area contributed by atoms with Gasteiger partial charge in [-0.15, -0.1) is 0 Å². The van der Waals surface area contributed by atoms with Crippen LogP contribution in [-0.2, 0) is 19.6 Å². The Morgan fingerprint density at radius 3 is 2.14 bits per heavy atom. The molecule has 0 bridgehead atoms. The molecule has 0 spiro atoms. The Bertz CT molecular complexity index is 983. The van der Waals surface area contributed by atoms with E-state index in [0.29, 0.717) is 18.4 Å². The van der Waals surface area contributed by atoms with Gasteiger partial charge in [0.2, 0.25) is 10.0 Å². The molecule has 0 aromatic heterocycles. The zero-order valence-electron chi connectivity index (χ0n) is 15.4.